The zero-order valence-corrected chi connectivity index (χ0v) is 29.4. The van der Waals surface area contributed by atoms with Crippen molar-refractivity contribution in [2.75, 3.05) is 10.6 Å². The Bertz CT molecular complexity index is 1960. The van der Waals surface area contributed by atoms with Crippen molar-refractivity contribution >= 4 is 21.8 Å². The van der Waals surface area contributed by atoms with Crippen LogP contribution in [0.2, 0.25) is 0 Å². The van der Waals surface area contributed by atoms with Crippen LogP contribution in [0.15, 0.2) is 41.4 Å². The Labute approximate surface area is 288 Å². The normalized spacial score (nSPS) is 18.7. The summed E-state index contributed by atoms with van der Waals surface area (Å²) < 4.78 is 92.4. The lowest BCUT2D eigenvalue weighted by molar-refractivity contribution is -0.0366. The van der Waals surface area contributed by atoms with E-state index in [1.165, 1.54) is 21.5 Å². The molecular formula is C33H41F4N9O3S. The Balaban J connectivity index is 1.33. The van der Waals surface area contributed by atoms with Gasteiger partial charge in [-0.1, -0.05) is 0 Å². The molecule has 0 spiro atoms. The number of aromatic nitrogens is 7. The second-order valence-electron chi connectivity index (χ2n) is 13.8. The smallest absolute Gasteiger partial charge is 0.298 e. The molecule has 12 nitrogen and oxygen atoms in total. The maximum Gasteiger partial charge on any atom is 0.298 e. The number of pyridine rings is 1. The minimum atomic E-state index is -4.53. The van der Waals surface area contributed by atoms with Gasteiger partial charge in [-0.3, -0.25) is 4.18 Å². The SMILES string of the molecule is Cc1ccn(-c2cc(S(=O)(=O)OC(C)(C)c3cc(NC4CCC(F)(F)CC4)nc(-n4nc(C)cc4C)n3)cc(NC3CCC(F)(F)CC3)n2)n1. The predicted octanol–water partition coefficient (Wildman–Crippen LogP) is 6.79. The standard InChI is InChI=1S/C33H41F4N9O3S/c1-20-10-15-45(43-20)29-18-25(17-27(41-29)38-23-6-11-32(34,35)12-7-23)50(47,48)49-31(4,5)26-19-28(39-24-8-13-33(36,37)14-9-24)42-30(40-26)46-22(3)16-21(2)44-46/h10,15-19,23-24H,6-9,11-14H2,1-5H3,(H,38,41)(H,39,40,42). The van der Waals surface area contributed by atoms with Gasteiger partial charge in [-0.2, -0.15) is 23.6 Å². The molecular weight excluding hydrogens is 678 g/mol. The molecule has 0 atom stereocenters. The predicted molar refractivity (Wildman–Crippen MR) is 178 cm³/mol. The maximum absolute atomic E-state index is 14.1. The number of hydrogen-bond donors (Lipinski definition) is 2. The van der Waals surface area contributed by atoms with E-state index in [-0.39, 0.29) is 91.6 Å². The van der Waals surface area contributed by atoms with Gasteiger partial charge < -0.3 is 10.6 Å². The monoisotopic (exact) mass is 719 g/mol. The van der Waals surface area contributed by atoms with Gasteiger partial charge in [-0.25, -0.2) is 36.9 Å². The fourth-order valence-electron chi connectivity index (χ4n) is 6.27. The van der Waals surface area contributed by atoms with Gasteiger partial charge >= 0.3 is 0 Å². The summed E-state index contributed by atoms with van der Waals surface area (Å²) in [4.78, 5) is 13.6. The van der Waals surface area contributed by atoms with Crippen LogP contribution < -0.4 is 10.6 Å². The summed E-state index contributed by atoms with van der Waals surface area (Å²) >= 11 is 0. The van der Waals surface area contributed by atoms with E-state index >= 15 is 0 Å². The van der Waals surface area contributed by atoms with E-state index < -0.39 is 27.6 Å². The van der Waals surface area contributed by atoms with Crippen molar-refractivity contribution in [3.63, 3.8) is 0 Å². The number of rotatable bonds is 10. The van der Waals surface area contributed by atoms with E-state index in [9.17, 15) is 26.0 Å². The van der Waals surface area contributed by atoms with Crippen LogP contribution in [0.25, 0.3) is 11.8 Å². The largest absolute Gasteiger partial charge is 0.367 e. The third-order valence-electron chi connectivity index (χ3n) is 9.02. The minimum Gasteiger partial charge on any atom is -0.367 e. The lowest BCUT2D eigenvalue weighted by Gasteiger charge is -2.30. The molecule has 2 fully saturated rings. The minimum absolute atomic E-state index is 0.149. The van der Waals surface area contributed by atoms with Gasteiger partial charge in [0.05, 0.1) is 17.1 Å². The first-order valence-electron chi connectivity index (χ1n) is 16.6. The molecule has 2 aliphatic rings. The Morgan fingerprint density at radius 1 is 0.800 bits per heavy atom. The van der Waals surface area contributed by atoms with Crippen molar-refractivity contribution < 1.29 is 30.2 Å². The Hall–Kier alpha value is -4.12. The van der Waals surface area contributed by atoms with Crippen LogP contribution in [0.1, 0.15) is 88.0 Å². The maximum atomic E-state index is 14.1. The van der Waals surface area contributed by atoms with E-state index in [1.807, 2.05) is 19.9 Å². The molecule has 2 N–H and O–H groups in total. The van der Waals surface area contributed by atoms with Gasteiger partial charge in [0.25, 0.3) is 16.1 Å². The number of halogens is 4. The Morgan fingerprint density at radius 3 is 1.90 bits per heavy atom. The van der Waals surface area contributed by atoms with Crippen LogP contribution in [0, 0.1) is 20.8 Å². The van der Waals surface area contributed by atoms with Gasteiger partial charge in [0.2, 0.25) is 11.8 Å². The van der Waals surface area contributed by atoms with Crippen molar-refractivity contribution in [1.82, 2.24) is 34.5 Å². The molecule has 0 aliphatic heterocycles. The molecule has 6 rings (SSSR count). The van der Waals surface area contributed by atoms with Crippen LogP contribution in [0.3, 0.4) is 0 Å². The number of nitrogens with one attached hydrogen (secondary N) is 2. The molecule has 0 aromatic carbocycles. The van der Waals surface area contributed by atoms with Crippen molar-refractivity contribution in [2.45, 2.75) is 120 Å². The fraction of sp³-hybridized carbons (Fsp3) is 0.545. The molecule has 0 radical (unpaired) electrons. The van der Waals surface area contributed by atoms with E-state index in [1.54, 1.807) is 39.1 Å². The molecule has 0 saturated heterocycles. The van der Waals surface area contributed by atoms with E-state index in [0.717, 1.165) is 5.69 Å². The van der Waals surface area contributed by atoms with Gasteiger partial charge in [-0.15, -0.1) is 0 Å². The first kappa shape index (κ1) is 35.7. The number of hydrogen-bond acceptors (Lipinski definition) is 10. The average molecular weight is 720 g/mol. The average Bonchev–Trinajstić information content (AvgIpc) is 3.62. The van der Waals surface area contributed by atoms with Gasteiger partial charge in [0.1, 0.15) is 22.1 Å². The van der Waals surface area contributed by atoms with Crippen LogP contribution in [-0.4, -0.2) is 66.9 Å². The van der Waals surface area contributed by atoms with Crippen LogP contribution in [-0.2, 0) is 19.9 Å². The van der Waals surface area contributed by atoms with Crippen LogP contribution >= 0.6 is 0 Å². The van der Waals surface area contributed by atoms with Crippen LogP contribution in [0.4, 0.5) is 29.2 Å². The van der Waals surface area contributed by atoms with Gasteiger partial charge in [-0.05, 0) is 72.4 Å². The van der Waals surface area contributed by atoms with E-state index in [2.05, 4.69) is 35.8 Å². The highest BCUT2D eigenvalue weighted by molar-refractivity contribution is 7.86. The molecule has 4 aromatic rings. The van der Waals surface area contributed by atoms with Crippen molar-refractivity contribution in [3.05, 3.63) is 59.3 Å². The molecule has 0 amide bonds. The Kier molecular flexibility index (Phi) is 9.43. The van der Waals surface area contributed by atoms with Gasteiger partial charge in [0, 0.05) is 67.9 Å². The first-order valence-corrected chi connectivity index (χ1v) is 18.0. The fourth-order valence-corrected chi connectivity index (χ4v) is 7.50. The summed E-state index contributed by atoms with van der Waals surface area (Å²) in [7, 11) is -4.53. The van der Waals surface area contributed by atoms with E-state index in [0.29, 0.717) is 17.2 Å². The second-order valence-corrected chi connectivity index (χ2v) is 15.4. The lowest BCUT2D eigenvalue weighted by atomic mass is 9.92. The molecule has 270 valence electrons. The first-order chi connectivity index (χ1) is 23.4. The topological polar surface area (TPSA) is 142 Å². The molecule has 0 bridgehead atoms. The summed E-state index contributed by atoms with van der Waals surface area (Å²) in [5.41, 5.74) is 0.743. The molecule has 2 aliphatic carbocycles. The van der Waals surface area contributed by atoms with Crippen molar-refractivity contribution in [2.24, 2.45) is 0 Å². The number of anilines is 2. The molecule has 0 unspecified atom stereocenters. The number of nitrogens with zero attached hydrogens (tertiary/aromatic N) is 7. The third kappa shape index (κ3) is 8.25. The summed E-state index contributed by atoms with van der Waals surface area (Å²) in [6, 6.07) is 7.15. The summed E-state index contributed by atoms with van der Waals surface area (Å²) in [6.45, 7) is 8.50. The summed E-state index contributed by atoms with van der Waals surface area (Å²) in [5.74, 6) is -4.63. The van der Waals surface area contributed by atoms with Crippen molar-refractivity contribution in [1.29, 1.82) is 0 Å². The van der Waals surface area contributed by atoms with Crippen molar-refractivity contribution in [3.8, 4) is 11.8 Å². The summed E-state index contributed by atoms with van der Waals surface area (Å²) in [6.07, 6.45) is 1.40. The summed E-state index contributed by atoms with van der Waals surface area (Å²) in [5, 5.41) is 15.2. The highest BCUT2D eigenvalue weighted by Crippen LogP contribution is 2.37. The zero-order chi connectivity index (χ0) is 36.1. The van der Waals surface area contributed by atoms with Crippen LogP contribution in [0.5, 0.6) is 0 Å². The molecule has 4 heterocycles. The number of alkyl halides is 4. The molecule has 2 saturated carbocycles. The number of aryl methyl sites for hydroxylation is 3. The zero-order valence-electron chi connectivity index (χ0n) is 28.6. The van der Waals surface area contributed by atoms with Gasteiger partial charge in [0.15, 0.2) is 5.82 Å². The molecule has 50 heavy (non-hydrogen) atoms. The van der Waals surface area contributed by atoms with E-state index in [4.69, 9.17) is 4.18 Å². The third-order valence-corrected chi connectivity index (χ3v) is 10.5. The molecule has 17 heteroatoms. The highest BCUT2D eigenvalue weighted by atomic mass is 32.2. The molecule has 4 aromatic heterocycles. The highest BCUT2D eigenvalue weighted by Gasteiger charge is 2.38. The quantitative estimate of drug-likeness (QED) is 0.133. The Morgan fingerprint density at radius 2 is 1.38 bits per heavy atom. The lowest BCUT2D eigenvalue weighted by Crippen LogP contribution is -2.33. The second kappa shape index (κ2) is 13.2.